The molecule has 1 unspecified atom stereocenters. The Morgan fingerprint density at radius 1 is 1.53 bits per heavy atom. The van der Waals surface area contributed by atoms with E-state index in [4.69, 9.17) is 0 Å². The quantitative estimate of drug-likeness (QED) is 0.379. The van der Waals surface area contributed by atoms with Gasteiger partial charge in [-0.1, -0.05) is 19.1 Å². The number of hydrogen-bond acceptors (Lipinski definition) is 2. The highest BCUT2D eigenvalue weighted by atomic mass is 32.2. The standard InChI is InChI=1S/C12H21NOS/c1-3-4-7-11-10-12(14)13(11)8-5-6-9-15-2/h4,7,11H,3,5-6,8-10H2,1-2H3. The van der Waals surface area contributed by atoms with Crippen LogP contribution in [0.2, 0.25) is 0 Å². The maximum Gasteiger partial charge on any atom is 0.225 e. The minimum absolute atomic E-state index is 0.324. The molecule has 0 saturated carbocycles. The van der Waals surface area contributed by atoms with Crippen molar-refractivity contribution in [3.8, 4) is 0 Å². The molecule has 3 heteroatoms. The molecule has 86 valence electrons. The average molecular weight is 227 g/mol. The molecule has 2 nitrogen and oxygen atoms in total. The second-order valence-corrected chi connectivity index (χ2v) is 4.88. The number of nitrogens with zero attached hydrogens (tertiary/aromatic N) is 1. The van der Waals surface area contributed by atoms with Gasteiger partial charge in [-0.2, -0.15) is 11.8 Å². The maximum atomic E-state index is 11.4. The first-order valence-corrected chi connectivity index (χ1v) is 7.14. The molecule has 0 spiro atoms. The zero-order valence-corrected chi connectivity index (χ0v) is 10.6. The lowest BCUT2D eigenvalue weighted by molar-refractivity contribution is -0.143. The van der Waals surface area contributed by atoms with Gasteiger partial charge in [-0.15, -0.1) is 0 Å². The predicted molar refractivity (Wildman–Crippen MR) is 67.2 cm³/mol. The molecule has 0 aliphatic carbocycles. The van der Waals surface area contributed by atoms with Gasteiger partial charge < -0.3 is 4.90 Å². The van der Waals surface area contributed by atoms with Crippen LogP contribution in [0.15, 0.2) is 12.2 Å². The Labute approximate surface area is 97.1 Å². The average Bonchev–Trinajstić information content (AvgIpc) is 2.23. The van der Waals surface area contributed by atoms with Crippen LogP contribution in [-0.4, -0.2) is 35.4 Å². The normalized spacial score (nSPS) is 21.1. The number of β-lactam (4-membered cyclic amide) rings is 1. The van der Waals surface area contributed by atoms with E-state index in [1.165, 1.54) is 12.2 Å². The molecule has 1 aliphatic rings. The molecule has 0 bridgehead atoms. The fourth-order valence-corrected chi connectivity index (χ4v) is 2.26. The third-order valence-corrected chi connectivity index (χ3v) is 3.39. The lowest BCUT2D eigenvalue weighted by Gasteiger charge is -2.39. The van der Waals surface area contributed by atoms with Crippen molar-refractivity contribution in [2.45, 2.75) is 38.6 Å². The summed E-state index contributed by atoms with van der Waals surface area (Å²) < 4.78 is 0. The van der Waals surface area contributed by atoms with Crippen molar-refractivity contribution in [2.24, 2.45) is 0 Å². The molecule has 0 aromatic heterocycles. The van der Waals surface area contributed by atoms with E-state index < -0.39 is 0 Å². The number of amides is 1. The summed E-state index contributed by atoms with van der Waals surface area (Å²) in [7, 11) is 0. The Balaban J connectivity index is 2.20. The summed E-state index contributed by atoms with van der Waals surface area (Å²) in [5.41, 5.74) is 0. The van der Waals surface area contributed by atoms with Gasteiger partial charge >= 0.3 is 0 Å². The summed E-state index contributed by atoms with van der Waals surface area (Å²) >= 11 is 1.88. The van der Waals surface area contributed by atoms with Crippen molar-refractivity contribution in [1.82, 2.24) is 4.90 Å². The molecular formula is C12H21NOS. The fourth-order valence-electron chi connectivity index (χ4n) is 1.76. The van der Waals surface area contributed by atoms with Gasteiger partial charge in [0.05, 0.1) is 12.5 Å². The van der Waals surface area contributed by atoms with E-state index in [0.717, 1.165) is 25.8 Å². The molecule has 0 aromatic rings. The third kappa shape index (κ3) is 3.90. The van der Waals surface area contributed by atoms with Crippen molar-refractivity contribution in [2.75, 3.05) is 18.6 Å². The van der Waals surface area contributed by atoms with Crippen LogP contribution in [0.5, 0.6) is 0 Å². The van der Waals surface area contributed by atoms with Crippen LogP contribution < -0.4 is 0 Å². The smallest absolute Gasteiger partial charge is 0.225 e. The first-order chi connectivity index (χ1) is 7.29. The highest BCUT2D eigenvalue weighted by Gasteiger charge is 2.32. The molecule has 1 fully saturated rings. The fraction of sp³-hybridized carbons (Fsp3) is 0.750. The first kappa shape index (κ1) is 12.6. The summed E-state index contributed by atoms with van der Waals surface area (Å²) in [5.74, 6) is 1.53. The van der Waals surface area contributed by atoms with Gasteiger partial charge in [0.15, 0.2) is 0 Å². The van der Waals surface area contributed by atoms with E-state index in [1.54, 1.807) is 0 Å². The van der Waals surface area contributed by atoms with Gasteiger partial charge in [-0.05, 0) is 31.3 Å². The zero-order valence-electron chi connectivity index (χ0n) is 9.74. The van der Waals surface area contributed by atoms with E-state index in [9.17, 15) is 4.79 Å². The molecule has 0 radical (unpaired) electrons. The molecule has 0 aromatic carbocycles. The molecule has 1 aliphatic heterocycles. The van der Waals surface area contributed by atoms with Crippen molar-refractivity contribution >= 4 is 17.7 Å². The Kier molecular flexibility index (Phi) is 5.84. The van der Waals surface area contributed by atoms with Gasteiger partial charge in [-0.25, -0.2) is 0 Å². The van der Waals surface area contributed by atoms with Gasteiger partial charge in [0, 0.05) is 6.54 Å². The molecule has 1 heterocycles. The molecule has 1 amide bonds. The van der Waals surface area contributed by atoms with Crippen LogP contribution in [0.25, 0.3) is 0 Å². The van der Waals surface area contributed by atoms with E-state index in [2.05, 4.69) is 25.3 Å². The summed E-state index contributed by atoms with van der Waals surface area (Å²) in [5, 5.41) is 0. The Morgan fingerprint density at radius 2 is 2.33 bits per heavy atom. The first-order valence-electron chi connectivity index (χ1n) is 5.74. The number of thioether (sulfide) groups is 1. The number of hydrogen-bond donors (Lipinski definition) is 0. The van der Waals surface area contributed by atoms with Gasteiger partial charge in [0.1, 0.15) is 0 Å². The van der Waals surface area contributed by atoms with E-state index in [1.807, 2.05) is 16.7 Å². The van der Waals surface area contributed by atoms with Crippen molar-refractivity contribution < 1.29 is 4.79 Å². The van der Waals surface area contributed by atoms with Gasteiger partial charge in [0.2, 0.25) is 5.91 Å². The van der Waals surface area contributed by atoms with Crippen molar-refractivity contribution in [3.63, 3.8) is 0 Å². The van der Waals surface area contributed by atoms with Crippen LogP contribution in [-0.2, 0) is 4.79 Å². The monoisotopic (exact) mass is 227 g/mol. The number of carbonyl (C=O) groups is 1. The molecular weight excluding hydrogens is 206 g/mol. The third-order valence-electron chi connectivity index (χ3n) is 2.70. The Bertz CT molecular complexity index is 228. The SMILES string of the molecule is CCC=CC1CC(=O)N1CCCCSC. The maximum absolute atomic E-state index is 11.4. The van der Waals surface area contributed by atoms with Crippen LogP contribution in [0.4, 0.5) is 0 Å². The lowest BCUT2D eigenvalue weighted by Crippen LogP contribution is -2.51. The highest BCUT2D eigenvalue weighted by Crippen LogP contribution is 2.21. The summed E-state index contributed by atoms with van der Waals surface area (Å²) in [4.78, 5) is 13.4. The number of allylic oxidation sites excluding steroid dienone is 1. The topological polar surface area (TPSA) is 20.3 Å². The zero-order chi connectivity index (χ0) is 11.1. The van der Waals surface area contributed by atoms with Crippen LogP contribution in [0.3, 0.4) is 0 Å². The second-order valence-electron chi connectivity index (χ2n) is 3.89. The van der Waals surface area contributed by atoms with Crippen molar-refractivity contribution in [3.05, 3.63) is 12.2 Å². The lowest BCUT2D eigenvalue weighted by atomic mass is 10.0. The predicted octanol–water partition coefficient (Wildman–Crippen LogP) is 2.70. The van der Waals surface area contributed by atoms with Gasteiger partial charge in [-0.3, -0.25) is 4.79 Å². The number of unbranched alkanes of at least 4 members (excludes halogenated alkanes) is 1. The molecule has 15 heavy (non-hydrogen) atoms. The van der Waals surface area contributed by atoms with E-state index in [-0.39, 0.29) is 0 Å². The molecule has 1 rings (SSSR count). The minimum atomic E-state index is 0.324. The van der Waals surface area contributed by atoms with E-state index >= 15 is 0 Å². The summed E-state index contributed by atoms with van der Waals surface area (Å²) in [6.45, 7) is 3.07. The highest BCUT2D eigenvalue weighted by molar-refractivity contribution is 7.98. The molecule has 0 N–H and O–H groups in total. The second kappa shape index (κ2) is 6.94. The van der Waals surface area contributed by atoms with E-state index in [0.29, 0.717) is 11.9 Å². The minimum Gasteiger partial charge on any atom is -0.336 e. The van der Waals surface area contributed by atoms with Crippen LogP contribution in [0, 0.1) is 0 Å². The molecule has 1 atom stereocenters. The van der Waals surface area contributed by atoms with Gasteiger partial charge in [0.25, 0.3) is 0 Å². The number of rotatable bonds is 7. The van der Waals surface area contributed by atoms with Crippen LogP contribution >= 0.6 is 11.8 Å². The number of carbonyl (C=O) groups excluding carboxylic acids is 1. The Morgan fingerprint density at radius 3 is 2.93 bits per heavy atom. The largest absolute Gasteiger partial charge is 0.336 e. The summed E-state index contributed by atoms with van der Waals surface area (Å²) in [6.07, 6.45) is 10.6. The number of likely N-dealkylation sites (tertiary alicyclic amines) is 1. The summed E-state index contributed by atoms with van der Waals surface area (Å²) in [6, 6.07) is 0.395. The van der Waals surface area contributed by atoms with Crippen LogP contribution in [0.1, 0.15) is 32.6 Å². The van der Waals surface area contributed by atoms with Crippen molar-refractivity contribution in [1.29, 1.82) is 0 Å². The Hall–Kier alpha value is -0.440. The molecule has 1 saturated heterocycles.